The number of nitrogens with zero attached hydrogens (tertiary/aromatic N) is 4. The summed E-state index contributed by atoms with van der Waals surface area (Å²) < 4.78 is 0. The predicted octanol–water partition coefficient (Wildman–Crippen LogP) is 0.174. The first-order valence-electron chi connectivity index (χ1n) is 8.37. The van der Waals surface area contributed by atoms with Crippen molar-refractivity contribution in [3.8, 4) is 0 Å². The van der Waals surface area contributed by atoms with E-state index in [4.69, 9.17) is 15.8 Å². The van der Waals surface area contributed by atoms with Crippen molar-refractivity contribution in [2.45, 2.75) is 12.5 Å². The molecule has 2 heterocycles. The first kappa shape index (κ1) is 17.4. The average molecular weight is 345 g/mol. The second kappa shape index (κ2) is 8.09. The maximum absolute atomic E-state index is 10.8. The Morgan fingerprint density at radius 1 is 1.28 bits per heavy atom. The summed E-state index contributed by atoms with van der Waals surface area (Å²) in [6.45, 7) is 4.19. The molecule has 2 aliphatic heterocycles. The summed E-state index contributed by atoms with van der Waals surface area (Å²) in [5.74, 6) is 4.38. The van der Waals surface area contributed by atoms with Gasteiger partial charge in [-0.3, -0.25) is 14.6 Å². The number of oxime groups is 1. The van der Waals surface area contributed by atoms with E-state index in [1.165, 1.54) is 0 Å². The highest BCUT2D eigenvalue weighted by Crippen LogP contribution is 2.18. The third kappa shape index (κ3) is 4.77. The normalized spacial score (nSPS) is 22.1. The Hall–Kier alpha value is -2.45. The third-order valence-electron chi connectivity index (χ3n) is 4.49. The highest BCUT2D eigenvalue weighted by atomic mass is 16.6. The molecule has 8 heteroatoms. The minimum absolute atomic E-state index is 0.0475. The highest BCUT2D eigenvalue weighted by molar-refractivity contribution is 6.01. The molecule has 8 nitrogen and oxygen atoms in total. The van der Waals surface area contributed by atoms with Crippen LogP contribution in [-0.2, 0) is 9.63 Å². The molecule has 0 bridgehead atoms. The van der Waals surface area contributed by atoms with Crippen LogP contribution in [0.2, 0.25) is 0 Å². The van der Waals surface area contributed by atoms with E-state index < -0.39 is 5.97 Å². The minimum Gasteiger partial charge on any atom is -0.480 e. The molecule has 1 saturated heterocycles. The topological polar surface area (TPSA) is 104 Å². The van der Waals surface area contributed by atoms with Gasteiger partial charge >= 0.3 is 5.97 Å². The fourth-order valence-corrected chi connectivity index (χ4v) is 3.15. The summed E-state index contributed by atoms with van der Waals surface area (Å²) in [6.07, 6.45) is 2.43. The monoisotopic (exact) mass is 345 g/mol. The van der Waals surface area contributed by atoms with Crippen LogP contribution in [0.3, 0.4) is 0 Å². The largest absolute Gasteiger partial charge is 0.480 e. The fraction of sp³-hybridized carbons (Fsp3) is 0.471. The number of carboxylic acid groups (broad SMARTS) is 1. The van der Waals surface area contributed by atoms with Crippen molar-refractivity contribution >= 4 is 17.9 Å². The summed E-state index contributed by atoms with van der Waals surface area (Å²) in [4.78, 5) is 20.6. The van der Waals surface area contributed by atoms with Crippen LogP contribution < -0.4 is 5.84 Å². The number of hydrogen-bond donors (Lipinski definition) is 2. The van der Waals surface area contributed by atoms with Crippen LogP contribution in [0.4, 0.5) is 0 Å². The molecule has 3 N–H and O–H groups in total. The lowest BCUT2D eigenvalue weighted by atomic mass is 10.0. The Morgan fingerprint density at radius 2 is 1.96 bits per heavy atom. The second-order valence-electron chi connectivity index (χ2n) is 6.34. The van der Waals surface area contributed by atoms with Crippen molar-refractivity contribution in [3.05, 3.63) is 35.4 Å². The van der Waals surface area contributed by atoms with Gasteiger partial charge in [0.1, 0.15) is 6.10 Å². The van der Waals surface area contributed by atoms with E-state index in [1.54, 1.807) is 6.21 Å². The third-order valence-corrected chi connectivity index (χ3v) is 4.49. The molecule has 134 valence electrons. The van der Waals surface area contributed by atoms with Crippen LogP contribution in [-0.4, -0.2) is 78.2 Å². The van der Waals surface area contributed by atoms with Crippen molar-refractivity contribution in [2.24, 2.45) is 16.1 Å². The van der Waals surface area contributed by atoms with Gasteiger partial charge in [-0.2, -0.15) is 5.10 Å². The Kier molecular flexibility index (Phi) is 5.62. The molecule has 3 rings (SSSR count). The number of benzene rings is 1. The number of carbonyl (C=O) groups is 1. The number of aliphatic carboxylic acids is 1. The van der Waals surface area contributed by atoms with E-state index in [1.807, 2.05) is 29.2 Å². The molecule has 0 spiro atoms. The van der Waals surface area contributed by atoms with Crippen molar-refractivity contribution < 1.29 is 14.7 Å². The summed E-state index contributed by atoms with van der Waals surface area (Å²) in [5.41, 5.74) is 2.94. The number of rotatable bonds is 6. The smallest absolute Gasteiger partial charge is 0.317 e. The van der Waals surface area contributed by atoms with Crippen LogP contribution in [0.25, 0.3) is 0 Å². The summed E-state index contributed by atoms with van der Waals surface area (Å²) >= 11 is 0. The van der Waals surface area contributed by atoms with E-state index in [0.29, 0.717) is 0 Å². The van der Waals surface area contributed by atoms with Crippen molar-refractivity contribution in [3.63, 3.8) is 0 Å². The van der Waals surface area contributed by atoms with Gasteiger partial charge in [0.05, 0.1) is 18.5 Å². The van der Waals surface area contributed by atoms with E-state index in [9.17, 15) is 4.79 Å². The molecule has 0 aliphatic carbocycles. The van der Waals surface area contributed by atoms with E-state index >= 15 is 0 Å². The van der Waals surface area contributed by atoms with Gasteiger partial charge in [-0.15, -0.1) is 0 Å². The molecule has 1 fully saturated rings. The van der Waals surface area contributed by atoms with Crippen LogP contribution >= 0.6 is 0 Å². The number of nitrogens with two attached hydrogens (primary N) is 1. The van der Waals surface area contributed by atoms with Crippen molar-refractivity contribution in [2.75, 3.05) is 39.3 Å². The molecule has 1 atom stereocenters. The lowest BCUT2D eigenvalue weighted by Gasteiger charge is -2.34. The Bertz CT molecular complexity index is 651. The van der Waals surface area contributed by atoms with Gasteiger partial charge in [-0.25, -0.2) is 0 Å². The molecule has 25 heavy (non-hydrogen) atoms. The van der Waals surface area contributed by atoms with Gasteiger partial charge in [0.15, 0.2) is 0 Å². The van der Waals surface area contributed by atoms with Crippen LogP contribution in [0.5, 0.6) is 0 Å². The van der Waals surface area contributed by atoms with Crippen LogP contribution in [0.15, 0.2) is 34.5 Å². The zero-order chi connectivity index (χ0) is 17.6. The minimum atomic E-state index is -0.769. The molecular weight excluding hydrogens is 322 g/mol. The summed E-state index contributed by atoms with van der Waals surface area (Å²) in [6, 6.07) is 7.88. The van der Waals surface area contributed by atoms with Gasteiger partial charge in [0.25, 0.3) is 0 Å². The molecular formula is C17H23N5O3. The van der Waals surface area contributed by atoms with E-state index in [-0.39, 0.29) is 12.6 Å². The maximum Gasteiger partial charge on any atom is 0.317 e. The van der Waals surface area contributed by atoms with Crippen molar-refractivity contribution in [1.29, 1.82) is 0 Å². The van der Waals surface area contributed by atoms with Crippen molar-refractivity contribution in [1.82, 2.24) is 9.80 Å². The Morgan fingerprint density at radius 3 is 2.60 bits per heavy atom. The molecule has 1 unspecified atom stereocenters. The number of hydrogen-bond acceptors (Lipinski definition) is 7. The fourth-order valence-electron chi connectivity index (χ4n) is 3.15. The predicted molar refractivity (Wildman–Crippen MR) is 94.8 cm³/mol. The van der Waals surface area contributed by atoms with Gasteiger partial charge in [0.2, 0.25) is 0 Å². The zero-order valence-corrected chi connectivity index (χ0v) is 14.0. The number of piperazine rings is 1. The zero-order valence-electron chi connectivity index (χ0n) is 14.0. The molecule has 1 aromatic carbocycles. The first-order chi connectivity index (χ1) is 12.1. The first-order valence-corrected chi connectivity index (χ1v) is 8.37. The van der Waals surface area contributed by atoms with Gasteiger partial charge in [-0.05, 0) is 11.1 Å². The highest BCUT2D eigenvalue weighted by Gasteiger charge is 2.26. The number of hydrazone groups is 1. The molecule has 1 aromatic rings. The maximum atomic E-state index is 10.8. The Balaban J connectivity index is 1.46. The van der Waals surface area contributed by atoms with Gasteiger partial charge in [-0.1, -0.05) is 29.4 Å². The Labute approximate surface area is 146 Å². The van der Waals surface area contributed by atoms with E-state index in [2.05, 4.69) is 15.2 Å². The molecule has 0 saturated carbocycles. The van der Waals surface area contributed by atoms with Gasteiger partial charge in [0, 0.05) is 39.1 Å². The molecule has 0 amide bonds. The SMILES string of the molecule is N/N=C/c1ccc(C2=NOC(CN3CCN(CC(=O)O)CC3)C2)cc1. The lowest BCUT2D eigenvalue weighted by molar-refractivity contribution is -0.138. The second-order valence-corrected chi connectivity index (χ2v) is 6.34. The summed E-state index contributed by atoms with van der Waals surface area (Å²) in [5, 5.41) is 16.6. The van der Waals surface area contributed by atoms with Gasteiger partial charge < -0.3 is 15.8 Å². The number of carboxylic acids is 1. The standard InChI is InChI=1S/C17H23N5O3/c18-19-10-13-1-3-14(4-2-13)16-9-15(25-20-16)11-21-5-7-22(8-6-21)12-17(23)24/h1-4,10,15H,5-9,11-12,18H2,(H,23,24)/b19-10+. The summed E-state index contributed by atoms with van der Waals surface area (Å²) in [7, 11) is 0. The quantitative estimate of drug-likeness (QED) is 0.433. The average Bonchev–Trinajstić information content (AvgIpc) is 3.06. The molecule has 0 radical (unpaired) electrons. The molecule has 2 aliphatic rings. The lowest BCUT2D eigenvalue weighted by Crippen LogP contribution is -2.49. The van der Waals surface area contributed by atoms with Crippen LogP contribution in [0.1, 0.15) is 17.5 Å². The van der Waals surface area contributed by atoms with E-state index in [0.717, 1.165) is 56.0 Å². The molecule has 0 aromatic heterocycles. The van der Waals surface area contributed by atoms with Crippen LogP contribution in [0, 0.1) is 0 Å².